The maximum absolute atomic E-state index is 10.0. The van der Waals surface area contributed by atoms with Crippen molar-refractivity contribution in [2.24, 2.45) is 0 Å². The van der Waals surface area contributed by atoms with Gasteiger partial charge in [-0.25, -0.2) is 0 Å². The third-order valence-electron chi connectivity index (χ3n) is 3.73. The molecule has 0 saturated heterocycles. The lowest BCUT2D eigenvalue weighted by atomic mass is 10.0. The van der Waals surface area contributed by atoms with E-state index in [9.17, 15) is 5.11 Å². The predicted octanol–water partition coefficient (Wildman–Crippen LogP) is 3.26. The fourth-order valence-corrected chi connectivity index (χ4v) is 2.60. The summed E-state index contributed by atoms with van der Waals surface area (Å²) < 4.78 is 10.7. The molecule has 0 fully saturated rings. The summed E-state index contributed by atoms with van der Waals surface area (Å²) in [5.41, 5.74) is 1.09. The minimum absolute atomic E-state index is 0.417. The highest BCUT2D eigenvalue weighted by molar-refractivity contribution is 5.87. The second kappa shape index (κ2) is 6.64. The highest BCUT2D eigenvalue weighted by Crippen LogP contribution is 2.27. The van der Waals surface area contributed by atoms with Gasteiger partial charge in [-0.15, -0.1) is 0 Å². The summed E-state index contributed by atoms with van der Waals surface area (Å²) in [4.78, 5) is 0. The summed E-state index contributed by atoms with van der Waals surface area (Å²) in [6, 6.07) is 15.8. The van der Waals surface area contributed by atoms with Crippen molar-refractivity contribution >= 4 is 10.8 Å². The molecule has 1 unspecified atom stereocenters. The third kappa shape index (κ3) is 2.98. The van der Waals surface area contributed by atoms with Crippen molar-refractivity contribution in [2.45, 2.75) is 12.6 Å². The minimum atomic E-state index is -0.657. The first-order chi connectivity index (χ1) is 10.8. The number of aliphatic hydroxyl groups is 1. The Hall–Kier alpha value is -2.30. The smallest absolute Gasteiger partial charge is 0.133 e. The van der Waals surface area contributed by atoms with E-state index in [2.05, 4.69) is 23.5 Å². The molecule has 1 atom stereocenters. The van der Waals surface area contributed by atoms with Gasteiger partial charge in [0, 0.05) is 18.7 Å². The van der Waals surface area contributed by atoms with Gasteiger partial charge in [-0.3, -0.25) is 0 Å². The van der Waals surface area contributed by atoms with E-state index in [1.807, 2.05) is 18.2 Å². The molecule has 1 aromatic heterocycles. The van der Waals surface area contributed by atoms with Crippen LogP contribution in [-0.2, 0) is 6.54 Å². The van der Waals surface area contributed by atoms with Gasteiger partial charge < -0.3 is 19.6 Å². The van der Waals surface area contributed by atoms with Gasteiger partial charge in [-0.1, -0.05) is 30.3 Å². The van der Waals surface area contributed by atoms with Crippen LogP contribution in [0.2, 0.25) is 0 Å². The average Bonchev–Trinajstić information content (AvgIpc) is 3.09. The van der Waals surface area contributed by atoms with Crippen LogP contribution in [0.5, 0.6) is 5.75 Å². The van der Waals surface area contributed by atoms with Crippen molar-refractivity contribution in [3.63, 3.8) is 0 Å². The molecule has 2 aromatic carbocycles. The molecule has 2 N–H and O–H groups in total. The summed E-state index contributed by atoms with van der Waals surface area (Å²) in [5, 5.41) is 15.6. The number of methoxy groups -OCH3 is 1. The number of aliphatic hydroxyl groups excluding tert-OH is 1. The van der Waals surface area contributed by atoms with Crippen LogP contribution in [0.25, 0.3) is 10.8 Å². The Kier molecular flexibility index (Phi) is 4.42. The number of benzene rings is 2. The Balaban J connectivity index is 1.75. The molecule has 4 nitrogen and oxygen atoms in total. The van der Waals surface area contributed by atoms with Crippen molar-refractivity contribution in [1.29, 1.82) is 0 Å². The molecule has 3 aromatic rings. The molecule has 0 bridgehead atoms. The monoisotopic (exact) mass is 297 g/mol. The summed E-state index contributed by atoms with van der Waals surface area (Å²) in [7, 11) is 1.67. The van der Waals surface area contributed by atoms with Crippen LogP contribution in [0, 0.1) is 0 Å². The first-order valence-electron chi connectivity index (χ1n) is 7.26. The fourth-order valence-electron chi connectivity index (χ4n) is 2.60. The first-order valence-corrected chi connectivity index (χ1v) is 7.26. The van der Waals surface area contributed by atoms with E-state index in [-0.39, 0.29) is 0 Å². The zero-order valence-corrected chi connectivity index (χ0v) is 12.5. The number of nitrogens with one attached hydrogen (secondary N) is 1. The van der Waals surface area contributed by atoms with Gasteiger partial charge in [0.2, 0.25) is 0 Å². The zero-order valence-electron chi connectivity index (χ0n) is 12.5. The highest BCUT2D eigenvalue weighted by Gasteiger charge is 2.12. The topological polar surface area (TPSA) is 54.6 Å². The molecular formula is C18H19NO3. The summed E-state index contributed by atoms with van der Waals surface area (Å²) in [6.07, 6.45) is 0.905. The summed E-state index contributed by atoms with van der Waals surface area (Å²) in [5.74, 6) is 1.41. The Morgan fingerprint density at radius 2 is 2.00 bits per heavy atom. The Labute approximate surface area is 129 Å². The quantitative estimate of drug-likeness (QED) is 0.733. The standard InChI is InChI=1S/C18H19NO3/c1-21-17-9-8-13-5-2-3-6-14(13)15(17)11-19-12-16(20)18-7-4-10-22-18/h2-10,16,19-20H,11-12H2,1H3. The molecular weight excluding hydrogens is 278 g/mol. The molecule has 0 aliphatic heterocycles. The third-order valence-corrected chi connectivity index (χ3v) is 3.73. The number of fused-ring (bicyclic) bond motifs is 1. The highest BCUT2D eigenvalue weighted by atomic mass is 16.5. The summed E-state index contributed by atoms with van der Waals surface area (Å²) in [6.45, 7) is 1.03. The van der Waals surface area contributed by atoms with Crippen LogP contribution in [-0.4, -0.2) is 18.8 Å². The Morgan fingerprint density at radius 3 is 2.77 bits per heavy atom. The predicted molar refractivity (Wildman–Crippen MR) is 85.9 cm³/mol. The second-order valence-electron chi connectivity index (χ2n) is 5.13. The summed E-state index contributed by atoms with van der Waals surface area (Å²) >= 11 is 0. The van der Waals surface area contributed by atoms with Crippen LogP contribution < -0.4 is 10.1 Å². The number of hydrogen-bond donors (Lipinski definition) is 2. The molecule has 0 saturated carbocycles. The average molecular weight is 297 g/mol. The molecule has 4 heteroatoms. The number of hydrogen-bond acceptors (Lipinski definition) is 4. The van der Waals surface area contributed by atoms with Gasteiger partial charge in [0.05, 0.1) is 13.4 Å². The van der Waals surface area contributed by atoms with Gasteiger partial charge in [0.15, 0.2) is 0 Å². The lowest BCUT2D eigenvalue weighted by molar-refractivity contribution is 0.147. The Morgan fingerprint density at radius 1 is 1.14 bits per heavy atom. The second-order valence-corrected chi connectivity index (χ2v) is 5.13. The Bertz CT molecular complexity index is 737. The molecule has 114 valence electrons. The molecule has 0 amide bonds. The van der Waals surface area contributed by atoms with Gasteiger partial charge >= 0.3 is 0 Å². The lowest BCUT2D eigenvalue weighted by Crippen LogP contribution is -2.21. The van der Waals surface area contributed by atoms with Crippen LogP contribution >= 0.6 is 0 Å². The number of rotatable bonds is 6. The normalized spacial score (nSPS) is 12.5. The van der Waals surface area contributed by atoms with E-state index < -0.39 is 6.10 Å². The molecule has 1 heterocycles. The maximum atomic E-state index is 10.0. The minimum Gasteiger partial charge on any atom is -0.496 e. The van der Waals surface area contributed by atoms with Gasteiger partial charge in [0.1, 0.15) is 17.6 Å². The van der Waals surface area contributed by atoms with E-state index in [4.69, 9.17) is 9.15 Å². The maximum Gasteiger partial charge on any atom is 0.133 e. The molecule has 22 heavy (non-hydrogen) atoms. The molecule has 0 radical (unpaired) electrons. The molecule has 3 rings (SSSR count). The van der Waals surface area contributed by atoms with Gasteiger partial charge in [-0.2, -0.15) is 0 Å². The van der Waals surface area contributed by atoms with Crippen LogP contribution in [0.3, 0.4) is 0 Å². The van der Waals surface area contributed by atoms with Gasteiger partial charge in [-0.05, 0) is 29.0 Å². The molecule has 0 spiro atoms. The van der Waals surface area contributed by atoms with Crippen LogP contribution in [0.15, 0.2) is 59.2 Å². The van der Waals surface area contributed by atoms with Crippen molar-refractivity contribution in [1.82, 2.24) is 5.32 Å². The van der Waals surface area contributed by atoms with Crippen LogP contribution in [0.4, 0.5) is 0 Å². The number of ether oxygens (including phenoxy) is 1. The first kappa shape index (κ1) is 14.6. The van der Waals surface area contributed by atoms with E-state index in [1.165, 1.54) is 5.39 Å². The van der Waals surface area contributed by atoms with E-state index >= 15 is 0 Å². The molecule has 0 aliphatic carbocycles. The van der Waals surface area contributed by atoms with E-state index in [0.29, 0.717) is 18.8 Å². The fraction of sp³-hybridized carbons (Fsp3) is 0.222. The van der Waals surface area contributed by atoms with Gasteiger partial charge in [0.25, 0.3) is 0 Å². The van der Waals surface area contributed by atoms with E-state index in [1.54, 1.807) is 25.5 Å². The van der Waals surface area contributed by atoms with Crippen molar-refractivity contribution in [3.8, 4) is 5.75 Å². The largest absolute Gasteiger partial charge is 0.496 e. The SMILES string of the molecule is COc1ccc2ccccc2c1CNCC(O)c1ccco1. The van der Waals surface area contributed by atoms with E-state index in [0.717, 1.165) is 16.7 Å². The number of furan rings is 1. The lowest BCUT2D eigenvalue weighted by Gasteiger charge is -2.14. The van der Waals surface area contributed by atoms with Crippen LogP contribution in [0.1, 0.15) is 17.4 Å². The zero-order chi connectivity index (χ0) is 15.4. The molecule has 0 aliphatic rings. The van der Waals surface area contributed by atoms with Crippen molar-refractivity contribution < 1.29 is 14.3 Å². The van der Waals surface area contributed by atoms with Crippen molar-refractivity contribution in [2.75, 3.05) is 13.7 Å². The van der Waals surface area contributed by atoms with Crippen molar-refractivity contribution in [3.05, 3.63) is 66.1 Å².